The second-order valence-electron chi connectivity index (χ2n) is 3.78. The number of nitrogens with zero attached hydrogens (tertiary/aromatic N) is 1. The third-order valence-corrected chi connectivity index (χ3v) is 2.65. The molecule has 4 nitrogen and oxygen atoms in total. The van der Waals surface area contributed by atoms with E-state index in [-0.39, 0.29) is 11.9 Å². The first kappa shape index (κ1) is 18.5. The number of nitrogens with one attached hydrogen (secondary N) is 1. The van der Waals surface area contributed by atoms with Gasteiger partial charge in [0.2, 0.25) is 5.91 Å². The SMILES string of the molecule is C=O.CC.CCCCNC(=O)C1CCCN1C. The van der Waals surface area contributed by atoms with Crippen molar-refractivity contribution in [3.8, 4) is 0 Å². The number of unbranched alkanes of at least 4 members (excludes halogenated alkanes) is 1. The predicted octanol–water partition coefficient (Wildman–Crippen LogP) is 1.84. The van der Waals surface area contributed by atoms with E-state index in [0.29, 0.717) is 0 Å². The summed E-state index contributed by atoms with van der Waals surface area (Å²) in [5, 5.41) is 2.98. The summed E-state index contributed by atoms with van der Waals surface area (Å²) in [4.78, 5) is 21.7. The van der Waals surface area contributed by atoms with Crippen LogP contribution in [0.3, 0.4) is 0 Å². The van der Waals surface area contributed by atoms with Crippen LogP contribution >= 0.6 is 0 Å². The summed E-state index contributed by atoms with van der Waals surface area (Å²) < 4.78 is 0. The lowest BCUT2D eigenvalue weighted by atomic mass is 10.2. The first-order chi connectivity index (χ1) is 8.25. The summed E-state index contributed by atoms with van der Waals surface area (Å²) in [6.07, 6.45) is 4.40. The average molecular weight is 244 g/mol. The van der Waals surface area contributed by atoms with E-state index in [0.717, 1.165) is 38.8 Å². The van der Waals surface area contributed by atoms with Crippen molar-refractivity contribution in [2.75, 3.05) is 20.1 Å². The number of carbonyl (C=O) groups excluding carboxylic acids is 2. The van der Waals surface area contributed by atoms with E-state index in [2.05, 4.69) is 17.1 Å². The van der Waals surface area contributed by atoms with Gasteiger partial charge in [-0.25, -0.2) is 0 Å². The fourth-order valence-electron chi connectivity index (χ4n) is 1.75. The van der Waals surface area contributed by atoms with Gasteiger partial charge in [0.05, 0.1) is 6.04 Å². The molecule has 1 rings (SSSR count). The molecular weight excluding hydrogens is 216 g/mol. The van der Waals surface area contributed by atoms with Gasteiger partial charge in [-0.1, -0.05) is 27.2 Å². The average Bonchev–Trinajstić information content (AvgIpc) is 2.81. The van der Waals surface area contributed by atoms with Crippen LogP contribution in [0.5, 0.6) is 0 Å². The summed E-state index contributed by atoms with van der Waals surface area (Å²) in [6, 6.07) is 0.136. The summed E-state index contributed by atoms with van der Waals surface area (Å²) >= 11 is 0. The Hall–Kier alpha value is -0.900. The van der Waals surface area contributed by atoms with Crippen molar-refractivity contribution in [1.29, 1.82) is 0 Å². The number of carbonyl (C=O) groups is 2. The molecule has 0 aromatic heterocycles. The quantitative estimate of drug-likeness (QED) is 0.768. The number of likely N-dealkylation sites (N-methyl/N-ethyl adjacent to an activating group) is 1. The second kappa shape index (κ2) is 13.2. The zero-order chi connectivity index (χ0) is 13.7. The Morgan fingerprint density at radius 1 is 1.41 bits per heavy atom. The summed E-state index contributed by atoms with van der Waals surface area (Å²) in [5.41, 5.74) is 0. The molecule has 102 valence electrons. The highest BCUT2D eigenvalue weighted by molar-refractivity contribution is 5.81. The smallest absolute Gasteiger partial charge is 0.237 e. The number of amides is 1. The molecule has 0 aromatic carbocycles. The van der Waals surface area contributed by atoms with E-state index in [9.17, 15) is 4.79 Å². The van der Waals surface area contributed by atoms with Crippen LogP contribution in [0.1, 0.15) is 46.5 Å². The van der Waals surface area contributed by atoms with Gasteiger partial charge in [0.1, 0.15) is 6.79 Å². The van der Waals surface area contributed by atoms with Crippen molar-refractivity contribution in [2.45, 2.75) is 52.5 Å². The molecule has 1 aliphatic rings. The zero-order valence-electron chi connectivity index (χ0n) is 11.8. The Kier molecular flexibility index (Phi) is 14.3. The van der Waals surface area contributed by atoms with E-state index < -0.39 is 0 Å². The minimum atomic E-state index is 0.136. The van der Waals surface area contributed by atoms with E-state index in [1.54, 1.807) is 0 Å². The van der Waals surface area contributed by atoms with E-state index >= 15 is 0 Å². The first-order valence-corrected chi connectivity index (χ1v) is 6.52. The minimum absolute atomic E-state index is 0.136. The van der Waals surface area contributed by atoms with E-state index in [4.69, 9.17) is 4.79 Å². The Labute approximate surface area is 106 Å². The molecule has 1 aliphatic heterocycles. The molecule has 4 heteroatoms. The molecule has 0 spiro atoms. The molecule has 17 heavy (non-hydrogen) atoms. The molecule has 0 aromatic rings. The van der Waals surface area contributed by atoms with Crippen LogP contribution in [0.2, 0.25) is 0 Å². The van der Waals surface area contributed by atoms with E-state index in [1.807, 2.05) is 27.7 Å². The zero-order valence-corrected chi connectivity index (χ0v) is 11.8. The highest BCUT2D eigenvalue weighted by atomic mass is 16.2. The lowest BCUT2D eigenvalue weighted by Gasteiger charge is -2.18. The Morgan fingerprint density at radius 3 is 2.41 bits per heavy atom. The molecule has 1 saturated heterocycles. The predicted molar refractivity (Wildman–Crippen MR) is 72.0 cm³/mol. The van der Waals surface area contributed by atoms with Gasteiger partial charge >= 0.3 is 0 Å². The van der Waals surface area contributed by atoms with Crippen molar-refractivity contribution in [2.24, 2.45) is 0 Å². The van der Waals surface area contributed by atoms with Crippen LogP contribution in [0.15, 0.2) is 0 Å². The summed E-state index contributed by atoms with van der Waals surface area (Å²) in [5.74, 6) is 0.216. The molecule has 0 saturated carbocycles. The fraction of sp³-hybridized carbons (Fsp3) is 0.846. The molecule has 1 unspecified atom stereocenters. The molecule has 0 radical (unpaired) electrons. The molecule has 0 bridgehead atoms. The number of hydrogen-bond donors (Lipinski definition) is 1. The van der Waals surface area contributed by atoms with E-state index in [1.165, 1.54) is 0 Å². The highest BCUT2D eigenvalue weighted by Crippen LogP contribution is 2.14. The third kappa shape index (κ3) is 7.91. The molecule has 1 atom stereocenters. The summed E-state index contributed by atoms with van der Waals surface area (Å²) in [7, 11) is 2.02. The van der Waals surface area contributed by atoms with Crippen molar-refractivity contribution >= 4 is 12.7 Å². The topological polar surface area (TPSA) is 49.4 Å². The maximum absolute atomic E-state index is 11.6. The maximum Gasteiger partial charge on any atom is 0.237 e. The normalized spacial score (nSPS) is 18.5. The molecular formula is C13H28N2O2. The fourth-order valence-corrected chi connectivity index (χ4v) is 1.75. The van der Waals surface area contributed by atoms with Crippen LogP contribution in [0.4, 0.5) is 0 Å². The summed E-state index contributed by atoms with van der Waals surface area (Å²) in [6.45, 7) is 10.0. The first-order valence-electron chi connectivity index (χ1n) is 6.52. The maximum atomic E-state index is 11.6. The van der Waals surface area contributed by atoms with Crippen molar-refractivity contribution in [3.63, 3.8) is 0 Å². The van der Waals surface area contributed by atoms with Crippen LogP contribution in [-0.2, 0) is 9.59 Å². The van der Waals surface area contributed by atoms with Crippen LogP contribution in [0, 0.1) is 0 Å². The lowest BCUT2D eigenvalue weighted by Crippen LogP contribution is -2.41. The van der Waals surface area contributed by atoms with Crippen LogP contribution in [0.25, 0.3) is 0 Å². The van der Waals surface area contributed by atoms with Crippen molar-refractivity contribution in [1.82, 2.24) is 10.2 Å². The highest BCUT2D eigenvalue weighted by Gasteiger charge is 2.26. The van der Waals surface area contributed by atoms with Gasteiger partial charge in [0.25, 0.3) is 0 Å². The monoisotopic (exact) mass is 244 g/mol. The molecule has 1 fully saturated rings. The number of hydrogen-bond acceptors (Lipinski definition) is 3. The van der Waals surface area contributed by atoms with Gasteiger partial charge in [0.15, 0.2) is 0 Å². The second-order valence-corrected chi connectivity index (χ2v) is 3.78. The standard InChI is InChI=1S/C10H20N2O.C2H6.CH2O/c1-3-4-7-11-10(13)9-6-5-8-12(9)2;2*1-2/h9H,3-8H2,1-2H3,(H,11,13);1-2H3;1H2. The molecule has 1 heterocycles. The minimum Gasteiger partial charge on any atom is -0.355 e. The van der Waals surface area contributed by atoms with Crippen molar-refractivity contribution in [3.05, 3.63) is 0 Å². The van der Waals surface area contributed by atoms with Gasteiger partial charge in [-0.05, 0) is 32.9 Å². The van der Waals surface area contributed by atoms with Crippen molar-refractivity contribution < 1.29 is 9.59 Å². The molecule has 1 N–H and O–H groups in total. The third-order valence-electron chi connectivity index (χ3n) is 2.65. The Balaban J connectivity index is 0. The van der Waals surface area contributed by atoms with Gasteiger partial charge in [-0.15, -0.1) is 0 Å². The Morgan fingerprint density at radius 2 is 2.00 bits per heavy atom. The molecule has 0 aliphatic carbocycles. The Bertz CT molecular complexity index is 186. The lowest BCUT2D eigenvalue weighted by molar-refractivity contribution is -0.125. The van der Waals surface area contributed by atoms with Crippen LogP contribution in [-0.4, -0.2) is 43.8 Å². The largest absolute Gasteiger partial charge is 0.355 e. The molecule has 1 amide bonds. The number of likely N-dealkylation sites (tertiary alicyclic amines) is 1. The van der Waals surface area contributed by atoms with Gasteiger partial charge < -0.3 is 10.1 Å². The number of rotatable bonds is 4. The van der Waals surface area contributed by atoms with Crippen LogP contribution < -0.4 is 5.32 Å². The van der Waals surface area contributed by atoms with Gasteiger partial charge in [-0.2, -0.15) is 0 Å². The van der Waals surface area contributed by atoms with Gasteiger partial charge in [-0.3, -0.25) is 9.69 Å². The van der Waals surface area contributed by atoms with Gasteiger partial charge in [0, 0.05) is 6.54 Å².